The van der Waals surface area contributed by atoms with Gasteiger partial charge in [0.1, 0.15) is 5.70 Å². The van der Waals surface area contributed by atoms with E-state index in [1.54, 1.807) is 0 Å². The Hall–Kier alpha value is -3.33. The van der Waals surface area contributed by atoms with Crippen molar-refractivity contribution in [3.63, 3.8) is 0 Å². The molecular weight excluding hydrogens is 296 g/mol. The molecule has 1 aliphatic heterocycles. The minimum Gasteiger partial charge on any atom is -0.352 e. The number of allylic oxidation sites excluding steroid dienone is 1. The number of benzene rings is 3. The smallest absolute Gasteiger partial charge is 0.211 e. The van der Waals surface area contributed by atoms with E-state index in [1.165, 1.54) is 0 Å². The minimum absolute atomic E-state index is 0.0311. The van der Waals surface area contributed by atoms with Crippen molar-refractivity contribution in [3.8, 4) is 0 Å². The Kier molecular flexibility index (Phi) is 3.60. The molecule has 2 N–H and O–H groups in total. The number of nitrogens with one attached hydrogen (secondary N) is 2. The zero-order chi connectivity index (χ0) is 16.4. The first kappa shape index (κ1) is 14.3. The Morgan fingerprint density at radius 1 is 0.625 bits per heavy atom. The molecular formula is C21H16N2O. The summed E-state index contributed by atoms with van der Waals surface area (Å²) < 4.78 is 0. The Balaban J connectivity index is 1.85. The second kappa shape index (κ2) is 6.05. The molecule has 1 heterocycles. The second-order valence-corrected chi connectivity index (χ2v) is 5.61. The van der Waals surface area contributed by atoms with Gasteiger partial charge in [0.15, 0.2) is 0 Å². The third-order valence-corrected chi connectivity index (χ3v) is 4.02. The molecule has 0 saturated heterocycles. The van der Waals surface area contributed by atoms with Crippen molar-refractivity contribution in [2.24, 2.45) is 0 Å². The normalized spacial score (nSPS) is 12.8. The summed E-state index contributed by atoms with van der Waals surface area (Å²) in [5, 5.41) is 6.72. The molecule has 3 nitrogen and oxygen atoms in total. The summed E-state index contributed by atoms with van der Waals surface area (Å²) in [7, 11) is 0. The van der Waals surface area contributed by atoms with Crippen molar-refractivity contribution in [1.82, 2.24) is 0 Å². The number of carbonyl (C=O) groups excluding carboxylic acids is 1. The first-order valence-electron chi connectivity index (χ1n) is 7.85. The van der Waals surface area contributed by atoms with Crippen LogP contribution in [-0.2, 0) is 0 Å². The van der Waals surface area contributed by atoms with E-state index in [0.29, 0.717) is 11.3 Å². The first-order valence-corrected chi connectivity index (χ1v) is 7.85. The number of carbonyl (C=O) groups is 1. The molecule has 0 bridgehead atoms. The minimum atomic E-state index is -0.0311. The van der Waals surface area contributed by atoms with Gasteiger partial charge in [0.05, 0.1) is 17.1 Å². The lowest BCUT2D eigenvalue weighted by Crippen LogP contribution is -2.22. The monoisotopic (exact) mass is 312 g/mol. The maximum Gasteiger partial charge on any atom is 0.211 e. The van der Waals surface area contributed by atoms with E-state index in [4.69, 9.17) is 0 Å². The summed E-state index contributed by atoms with van der Waals surface area (Å²) in [6.45, 7) is 0. The van der Waals surface area contributed by atoms with E-state index in [9.17, 15) is 4.79 Å². The molecule has 0 aliphatic carbocycles. The number of fused-ring (bicyclic) bond motifs is 1. The van der Waals surface area contributed by atoms with Gasteiger partial charge in [-0.3, -0.25) is 4.79 Å². The number of anilines is 2. The molecule has 4 rings (SSSR count). The lowest BCUT2D eigenvalue weighted by molar-refractivity contribution is 0.103. The van der Waals surface area contributed by atoms with Gasteiger partial charge >= 0.3 is 0 Å². The molecule has 3 heteroatoms. The van der Waals surface area contributed by atoms with Crippen molar-refractivity contribution >= 4 is 22.9 Å². The van der Waals surface area contributed by atoms with Crippen molar-refractivity contribution in [3.05, 3.63) is 102 Å². The lowest BCUT2D eigenvalue weighted by Gasteiger charge is -2.25. The summed E-state index contributed by atoms with van der Waals surface area (Å²) in [6.07, 6.45) is 0. The van der Waals surface area contributed by atoms with Crippen LogP contribution in [0.1, 0.15) is 15.9 Å². The molecule has 24 heavy (non-hydrogen) atoms. The van der Waals surface area contributed by atoms with Gasteiger partial charge in [-0.15, -0.1) is 0 Å². The van der Waals surface area contributed by atoms with E-state index < -0.39 is 0 Å². The van der Waals surface area contributed by atoms with Crippen molar-refractivity contribution < 1.29 is 4.79 Å². The topological polar surface area (TPSA) is 41.1 Å². The van der Waals surface area contributed by atoms with Crippen LogP contribution >= 0.6 is 0 Å². The number of ketones is 1. The van der Waals surface area contributed by atoms with Crippen molar-refractivity contribution in [2.45, 2.75) is 0 Å². The zero-order valence-corrected chi connectivity index (χ0v) is 13.0. The second-order valence-electron chi connectivity index (χ2n) is 5.61. The molecule has 116 valence electrons. The quantitative estimate of drug-likeness (QED) is 0.684. The van der Waals surface area contributed by atoms with Crippen LogP contribution in [0.25, 0.3) is 5.70 Å². The predicted molar refractivity (Wildman–Crippen MR) is 97.8 cm³/mol. The van der Waals surface area contributed by atoms with Gasteiger partial charge in [-0.1, -0.05) is 72.8 Å². The van der Waals surface area contributed by atoms with Crippen LogP contribution in [0.3, 0.4) is 0 Å². The Labute approximate surface area is 140 Å². The molecule has 1 aliphatic rings. The van der Waals surface area contributed by atoms with E-state index in [0.717, 1.165) is 22.6 Å². The van der Waals surface area contributed by atoms with E-state index in [-0.39, 0.29) is 5.78 Å². The lowest BCUT2D eigenvalue weighted by atomic mass is 10.0. The number of para-hydroxylation sites is 2. The van der Waals surface area contributed by atoms with Crippen molar-refractivity contribution in [2.75, 3.05) is 10.6 Å². The Morgan fingerprint density at radius 3 is 1.83 bits per heavy atom. The summed E-state index contributed by atoms with van der Waals surface area (Å²) in [6, 6.07) is 27.1. The highest BCUT2D eigenvalue weighted by Gasteiger charge is 2.24. The highest BCUT2D eigenvalue weighted by molar-refractivity contribution is 6.17. The Morgan fingerprint density at radius 2 is 1.17 bits per heavy atom. The number of hydrogen-bond donors (Lipinski definition) is 2. The molecule has 3 aromatic rings. The van der Waals surface area contributed by atoms with Gasteiger partial charge < -0.3 is 10.6 Å². The van der Waals surface area contributed by atoms with Crippen LogP contribution in [0, 0.1) is 0 Å². The van der Waals surface area contributed by atoms with Gasteiger partial charge in [0.25, 0.3) is 0 Å². The maximum atomic E-state index is 13.0. The van der Waals surface area contributed by atoms with Gasteiger partial charge in [0.2, 0.25) is 5.78 Å². The van der Waals surface area contributed by atoms with E-state index in [2.05, 4.69) is 10.6 Å². The van der Waals surface area contributed by atoms with Gasteiger partial charge in [-0.25, -0.2) is 0 Å². The summed E-state index contributed by atoms with van der Waals surface area (Å²) in [4.78, 5) is 13.0. The van der Waals surface area contributed by atoms with Crippen molar-refractivity contribution in [1.29, 1.82) is 0 Å². The molecule has 0 unspecified atom stereocenters. The molecule has 0 saturated carbocycles. The third-order valence-electron chi connectivity index (χ3n) is 4.02. The maximum absolute atomic E-state index is 13.0. The number of Topliss-reactive ketones (excluding diaryl/α,β-unsaturated/α-hetero) is 1. The first-order chi connectivity index (χ1) is 11.8. The fourth-order valence-corrected chi connectivity index (χ4v) is 2.82. The molecule has 0 spiro atoms. The molecule has 0 amide bonds. The predicted octanol–water partition coefficient (Wildman–Crippen LogP) is 4.78. The van der Waals surface area contributed by atoms with Crippen LogP contribution in [0.15, 0.2) is 90.6 Å². The molecule has 0 aromatic heterocycles. The van der Waals surface area contributed by atoms with Crippen LogP contribution in [0.5, 0.6) is 0 Å². The SMILES string of the molecule is O=C(C1=C(c2ccccc2)Nc2ccccc2N1)c1ccccc1. The largest absolute Gasteiger partial charge is 0.352 e. The third kappa shape index (κ3) is 2.57. The number of hydrogen-bond acceptors (Lipinski definition) is 3. The van der Waals surface area contributed by atoms with Gasteiger partial charge in [-0.2, -0.15) is 0 Å². The highest BCUT2D eigenvalue weighted by atomic mass is 16.1. The van der Waals surface area contributed by atoms with E-state index >= 15 is 0 Å². The summed E-state index contributed by atoms with van der Waals surface area (Å²) >= 11 is 0. The molecule has 0 atom stereocenters. The molecule has 0 radical (unpaired) electrons. The van der Waals surface area contributed by atoms with Crippen LogP contribution < -0.4 is 10.6 Å². The van der Waals surface area contributed by atoms with Crippen LogP contribution in [-0.4, -0.2) is 5.78 Å². The van der Waals surface area contributed by atoms with Gasteiger partial charge in [-0.05, 0) is 12.1 Å². The zero-order valence-electron chi connectivity index (χ0n) is 13.0. The fraction of sp³-hybridized carbons (Fsp3) is 0. The standard InChI is InChI=1S/C21H16N2O/c24-21(16-11-5-2-6-12-16)20-19(15-9-3-1-4-10-15)22-17-13-7-8-14-18(17)23-20/h1-14,22-23H. The van der Waals surface area contributed by atoms with Gasteiger partial charge in [0, 0.05) is 11.1 Å². The summed E-state index contributed by atoms with van der Waals surface area (Å²) in [5.41, 5.74) is 4.85. The highest BCUT2D eigenvalue weighted by Crippen LogP contribution is 2.34. The van der Waals surface area contributed by atoms with Crippen LogP contribution in [0.2, 0.25) is 0 Å². The average molecular weight is 312 g/mol. The fourth-order valence-electron chi connectivity index (χ4n) is 2.82. The molecule has 3 aromatic carbocycles. The summed E-state index contributed by atoms with van der Waals surface area (Å²) in [5.74, 6) is -0.0311. The number of rotatable bonds is 3. The molecule has 0 fully saturated rings. The Bertz CT molecular complexity index is 915. The average Bonchev–Trinajstić information content (AvgIpc) is 2.68. The van der Waals surface area contributed by atoms with E-state index in [1.807, 2.05) is 84.9 Å². The van der Waals surface area contributed by atoms with Crippen LogP contribution in [0.4, 0.5) is 11.4 Å².